The van der Waals surface area contributed by atoms with Crippen molar-refractivity contribution < 1.29 is 0 Å². The van der Waals surface area contributed by atoms with E-state index >= 15 is 0 Å². The average molecular weight is 371 g/mol. The van der Waals surface area contributed by atoms with Crippen molar-refractivity contribution in [2.24, 2.45) is 5.92 Å². The molecule has 28 heavy (non-hydrogen) atoms. The van der Waals surface area contributed by atoms with E-state index in [4.69, 9.17) is 0 Å². The number of hydrogen-bond donors (Lipinski definition) is 0. The first kappa shape index (κ1) is 20.5. The van der Waals surface area contributed by atoms with Gasteiger partial charge in [-0.25, -0.2) is 0 Å². The highest BCUT2D eigenvalue weighted by Crippen LogP contribution is 2.36. The molecule has 1 saturated carbocycles. The predicted molar refractivity (Wildman–Crippen MR) is 122 cm³/mol. The van der Waals surface area contributed by atoms with Gasteiger partial charge < -0.3 is 0 Å². The third-order valence-electron chi connectivity index (χ3n) is 6.11. The van der Waals surface area contributed by atoms with Crippen LogP contribution in [0.1, 0.15) is 87.0 Å². The van der Waals surface area contributed by atoms with Crippen LogP contribution in [0.2, 0.25) is 0 Å². The molecule has 0 nitrogen and oxygen atoms in total. The highest BCUT2D eigenvalue weighted by Gasteiger charge is 2.20. The molecule has 2 aromatic rings. The Labute approximate surface area is 172 Å². The minimum absolute atomic E-state index is 0.754. The van der Waals surface area contributed by atoms with Gasteiger partial charge in [-0.15, -0.1) is 0 Å². The standard InChI is InChI=1S/C28H34/c1-3-5-6-7-8-24-9-11-25(12-10-24)13-14-26-17-21-28(22-18-26)27-19-15-23(4-2)16-20-27/h5-6,9-12,17-18,21-23,27H,3-4,7-8,15-16,19-20H2,1-2H3/b6-5+. The minimum atomic E-state index is 0.754. The number of benzene rings is 2. The molecule has 0 bridgehead atoms. The molecule has 3 rings (SSSR count). The van der Waals surface area contributed by atoms with Crippen molar-refractivity contribution in [1.82, 2.24) is 0 Å². The Kier molecular flexibility index (Phi) is 7.98. The van der Waals surface area contributed by atoms with Gasteiger partial charge in [-0.1, -0.05) is 68.5 Å². The lowest BCUT2D eigenvalue weighted by molar-refractivity contribution is 0.319. The summed E-state index contributed by atoms with van der Waals surface area (Å²) in [6.45, 7) is 4.51. The maximum absolute atomic E-state index is 3.33. The SMILES string of the molecule is CC/C=C/CCc1ccc(C#Cc2ccc(C3CCC(CC)CC3)cc2)cc1. The maximum Gasteiger partial charge on any atom is 0.0249 e. The summed E-state index contributed by atoms with van der Waals surface area (Å²) in [6.07, 6.45) is 14.7. The Balaban J connectivity index is 1.54. The van der Waals surface area contributed by atoms with Crippen LogP contribution in [0.15, 0.2) is 60.7 Å². The molecule has 0 aliphatic heterocycles. The highest BCUT2D eigenvalue weighted by molar-refractivity contribution is 5.44. The van der Waals surface area contributed by atoms with E-state index in [1.54, 1.807) is 0 Å². The van der Waals surface area contributed by atoms with Crippen LogP contribution >= 0.6 is 0 Å². The van der Waals surface area contributed by atoms with Crippen LogP contribution in [-0.2, 0) is 6.42 Å². The largest absolute Gasteiger partial charge is 0.0888 e. The van der Waals surface area contributed by atoms with Gasteiger partial charge in [-0.2, -0.15) is 0 Å². The zero-order chi connectivity index (χ0) is 19.6. The summed E-state index contributed by atoms with van der Waals surface area (Å²) in [6, 6.07) is 17.7. The van der Waals surface area contributed by atoms with E-state index in [1.165, 1.54) is 43.2 Å². The first-order valence-electron chi connectivity index (χ1n) is 11.1. The summed E-state index contributed by atoms with van der Waals surface area (Å²) in [5, 5.41) is 0. The molecule has 0 heterocycles. The lowest BCUT2D eigenvalue weighted by Crippen LogP contribution is -2.12. The van der Waals surface area contributed by atoms with Crippen LogP contribution in [0.5, 0.6) is 0 Å². The van der Waals surface area contributed by atoms with Gasteiger partial charge in [0.05, 0.1) is 0 Å². The monoisotopic (exact) mass is 370 g/mol. The summed E-state index contributed by atoms with van der Waals surface area (Å²) in [5.41, 5.74) is 5.09. The normalized spacial score (nSPS) is 19.4. The van der Waals surface area contributed by atoms with Crippen LogP contribution in [-0.4, -0.2) is 0 Å². The fourth-order valence-corrected chi connectivity index (χ4v) is 4.18. The highest BCUT2D eigenvalue weighted by atomic mass is 14.3. The van der Waals surface area contributed by atoms with Gasteiger partial charge in [0.15, 0.2) is 0 Å². The predicted octanol–water partition coefficient (Wildman–Crippen LogP) is 7.67. The Morgan fingerprint density at radius 1 is 0.786 bits per heavy atom. The quantitative estimate of drug-likeness (QED) is 0.361. The van der Waals surface area contributed by atoms with E-state index < -0.39 is 0 Å². The molecular formula is C28H34. The Morgan fingerprint density at radius 3 is 1.96 bits per heavy atom. The summed E-state index contributed by atoms with van der Waals surface area (Å²) in [4.78, 5) is 0. The van der Waals surface area contributed by atoms with E-state index in [0.717, 1.165) is 42.2 Å². The van der Waals surface area contributed by atoms with E-state index in [1.807, 2.05) is 0 Å². The summed E-state index contributed by atoms with van der Waals surface area (Å²) in [5.74, 6) is 8.35. The number of rotatable bonds is 6. The Morgan fingerprint density at radius 2 is 1.39 bits per heavy atom. The topological polar surface area (TPSA) is 0 Å². The van der Waals surface area contributed by atoms with Crippen LogP contribution < -0.4 is 0 Å². The second kappa shape index (κ2) is 10.9. The van der Waals surface area contributed by atoms with Gasteiger partial charge in [0.2, 0.25) is 0 Å². The van der Waals surface area contributed by atoms with Crippen LogP contribution in [0, 0.1) is 17.8 Å². The third kappa shape index (κ3) is 6.13. The van der Waals surface area contributed by atoms with Crippen LogP contribution in [0.3, 0.4) is 0 Å². The van der Waals surface area contributed by atoms with Gasteiger partial charge in [-0.3, -0.25) is 0 Å². The molecule has 146 valence electrons. The minimum Gasteiger partial charge on any atom is -0.0888 e. The zero-order valence-corrected chi connectivity index (χ0v) is 17.6. The van der Waals surface area contributed by atoms with Crippen molar-refractivity contribution in [2.75, 3.05) is 0 Å². The van der Waals surface area contributed by atoms with Crippen molar-refractivity contribution in [3.8, 4) is 11.8 Å². The van der Waals surface area contributed by atoms with E-state index in [2.05, 4.69) is 86.4 Å². The first-order valence-corrected chi connectivity index (χ1v) is 11.1. The van der Waals surface area contributed by atoms with E-state index in [0.29, 0.717) is 0 Å². The van der Waals surface area contributed by atoms with Gasteiger partial charge >= 0.3 is 0 Å². The summed E-state index contributed by atoms with van der Waals surface area (Å²) in [7, 11) is 0. The van der Waals surface area contributed by atoms with Gasteiger partial charge in [0.1, 0.15) is 0 Å². The van der Waals surface area contributed by atoms with Crippen molar-refractivity contribution in [2.45, 2.75) is 71.1 Å². The fourth-order valence-electron chi connectivity index (χ4n) is 4.18. The average Bonchev–Trinajstić information content (AvgIpc) is 2.76. The lowest BCUT2D eigenvalue weighted by atomic mass is 9.78. The van der Waals surface area contributed by atoms with Crippen molar-refractivity contribution >= 4 is 0 Å². The molecule has 2 aromatic carbocycles. The fraction of sp³-hybridized carbons (Fsp3) is 0.429. The molecule has 1 aliphatic carbocycles. The second-order valence-electron chi connectivity index (χ2n) is 8.11. The zero-order valence-electron chi connectivity index (χ0n) is 17.6. The molecule has 0 aromatic heterocycles. The Hall–Kier alpha value is -2.26. The first-order chi connectivity index (χ1) is 13.8. The maximum atomic E-state index is 3.33. The molecule has 0 unspecified atom stereocenters. The molecule has 0 radical (unpaired) electrons. The Bertz CT molecular complexity index is 788. The van der Waals surface area contributed by atoms with Crippen molar-refractivity contribution in [3.05, 3.63) is 82.9 Å². The number of hydrogen-bond acceptors (Lipinski definition) is 0. The molecule has 0 atom stereocenters. The van der Waals surface area contributed by atoms with Gasteiger partial charge in [0.25, 0.3) is 0 Å². The summed E-state index contributed by atoms with van der Waals surface area (Å²) < 4.78 is 0. The molecule has 0 saturated heterocycles. The third-order valence-corrected chi connectivity index (χ3v) is 6.11. The smallest absolute Gasteiger partial charge is 0.0249 e. The van der Waals surface area contributed by atoms with E-state index in [-0.39, 0.29) is 0 Å². The molecule has 1 aliphatic rings. The lowest BCUT2D eigenvalue weighted by Gasteiger charge is -2.28. The molecule has 0 heteroatoms. The van der Waals surface area contributed by atoms with E-state index in [9.17, 15) is 0 Å². The molecular weight excluding hydrogens is 336 g/mol. The van der Waals surface area contributed by atoms with Crippen LogP contribution in [0.4, 0.5) is 0 Å². The molecule has 0 spiro atoms. The van der Waals surface area contributed by atoms with Gasteiger partial charge in [-0.05, 0) is 92.2 Å². The molecule has 0 N–H and O–H groups in total. The van der Waals surface area contributed by atoms with Crippen LogP contribution in [0.25, 0.3) is 0 Å². The number of aryl methyl sites for hydroxylation is 1. The summed E-state index contributed by atoms with van der Waals surface area (Å²) >= 11 is 0. The second-order valence-corrected chi connectivity index (χ2v) is 8.11. The van der Waals surface area contributed by atoms with Crippen molar-refractivity contribution in [3.63, 3.8) is 0 Å². The molecule has 0 amide bonds. The van der Waals surface area contributed by atoms with Crippen molar-refractivity contribution in [1.29, 1.82) is 0 Å². The van der Waals surface area contributed by atoms with Gasteiger partial charge in [0, 0.05) is 11.1 Å². The molecule has 1 fully saturated rings. The number of allylic oxidation sites excluding steroid dienone is 2.